The molecule has 6 heteroatoms. The lowest BCUT2D eigenvalue weighted by atomic mass is 10.0. The smallest absolute Gasteiger partial charge is 0.305 e. The van der Waals surface area contributed by atoms with Crippen molar-refractivity contribution in [2.45, 2.75) is 392 Å². The van der Waals surface area contributed by atoms with Crippen LogP contribution in [0.25, 0.3) is 0 Å². The molecule has 424 valence electrons. The van der Waals surface area contributed by atoms with E-state index in [1.54, 1.807) is 0 Å². The van der Waals surface area contributed by atoms with E-state index in [2.05, 4.69) is 19.2 Å². The van der Waals surface area contributed by atoms with E-state index < -0.39 is 12.1 Å². The van der Waals surface area contributed by atoms with E-state index in [9.17, 15) is 19.8 Å². The maximum absolute atomic E-state index is 12.5. The lowest BCUT2D eigenvalue weighted by molar-refractivity contribution is -0.143. The molecule has 0 aliphatic rings. The molecule has 0 aromatic rings. The Labute approximate surface area is 445 Å². The molecule has 0 saturated heterocycles. The van der Waals surface area contributed by atoms with Crippen molar-refractivity contribution in [3.63, 3.8) is 0 Å². The molecule has 0 heterocycles. The van der Waals surface area contributed by atoms with Crippen LogP contribution >= 0.6 is 0 Å². The lowest BCUT2D eigenvalue weighted by Gasteiger charge is -2.22. The molecule has 2 atom stereocenters. The van der Waals surface area contributed by atoms with Crippen molar-refractivity contribution in [3.8, 4) is 0 Å². The molecule has 71 heavy (non-hydrogen) atoms. The Morgan fingerprint density at radius 1 is 0.338 bits per heavy atom. The second kappa shape index (κ2) is 61.4. The number of hydrogen-bond donors (Lipinski definition) is 3. The van der Waals surface area contributed by atoms with Crippen molar-refractivity contribution in [2.75, 3.05) is 13.2 Å². The van der Waals surface area contributed by atoms with Gasteiger partial charge in [0.15, 0.2) is 0 Å². The highest BCUT2D eigenvalue weighted by atomic mass is 16.5. The van der Waals surface area contributed by atoms with Gasteiger partial charge in [0, 0.05) is 12.8 Å². The molecule has 0 rings (SSSR count). The van der Waals surface area contributed by atoms with Gasteiger partial charge in [-0.15, -0.1) is 0 Å². The summed E-state index contributed by atoms with van der Waals surface area (Å²) in [5.74, 6) is -0.0256. The van der Waals surface area contributed by atoms with Crippen LogP contribution in [0.5, 0.6) is 0 Å². The summed E-state index contributed by atoms with van der Waals surface area (Å²) in [5.41, 5.74) is 0. The van der Waals surface area contributed by atoms with Gasteiger partial charge < -0.3 is 20.3 Å². The molecular formula is C65H129NO5. The van der Waals surface area contributed by atoms with Crippen LogP contribution in [0.3, 0.4) is 0 Å². The summed E-state index contributed by atoms with van der Waals surface area (Å²) in [4.78, 5) is 24.6. The van der Waals surface area contributed by atoms with Crippen molar-refractivity contribution in [2.24, 2.45) is 0 Å². The maximum Gasteiger partial charge on any atom is 0.305 e. The van der Waals surface area contributed by atoms with E-state index in [-0.39, 0.29) is 18.5 Å². The van der Waals surface area contributed by atoms with Gasteiger partial charge in [0.1, 0.15) is 0 Å². The SMILES string of the molecule is CCCCCCCCCCCCCCCCCCCCCCCCCC(O)C(CO)NC(=O)CCCCCCCCCCCCCCCCCCCOC(=O)CCCCCCCCCCCCCCCC. The summed E-state index contributed by atoms with van der Waals surface area (Å²) in [5, 5.41) is 23.4. The monoisotopic (exact) mass is 1000 g/mol. The lowest BCUT2D eigenvalue weighted by Crippen LogP contribution is -2.45. The molecule has 0 spiro atoms. The van der Waals surface area contributed by atoms with Crippen molar-refractivity contribution in [3.05, 3.63) is 0 Å². The predicted molar refractivity (Wildman–Crippen MR) is 310 cm³/mol. The van der Waals surface area contributed by atoms with Gasteiger partial charge in [-0.05, 0) is 25.7 Å². The molecule has 6 nitrogen and oxygen atoms in total. The van der Waals surface area contributed by atoms with Gasteiger partial charge >= 0.3 is 5.97 Å². The molecule has 0 bridgehead atoms. The quantitative estimate of drug-likeness (QED) is 0.0417. The average Bonchev–Trinajstić information content (AvgIpc) is 3.37. The van der Waals surface area contributed by atoms with Gasteiger partial charge in [-0.2, -0.15) is 0 Å². The highest BCUT2D eigenvalue weighted by Gasteiger charge is 2.20. The second-order valence-corrected chi connectivity index (χ2v) is 22.8. The molecule has 0 fully saturated rings. The van der Waals surface area contributed by atoms with Crippen LogP contribution in [0.1, 0.15) is 380 Å². The minimum absolute atomic E-state index is 0.00925. The van der Waals surface area contributed by atoms with Crippen LogP contribution in [-0.4, -0.2) is 47.4 Å². The number of nitrogens with one attached hydrogen (secondary N) is 1. The van der Waals surface area contributed by atoms with Gasteiger partial charge in [-0.25, -0.2) is 0 Å². The fourth-order valence-corrected chi connectivity index (χ4v) is 10.6. The van der Waals surface area contributed by atoms with Crippen LogP contribution in [-0.2, 0) is 14.3 Å². The first kappa shape index (κ1) is 69.9. The highest BCUT2D eigenvalue weighted by Crippen LogP contribution is 2.19. The molecule has 1 amide bonds. The average molecular weight is 1000 g/mol. The third kappa shape index (κ3) is 58.0. The van der Waals surface area contributed by atoms with E-state index in [1.807, 2.05) is 0 Å². The summed E-state index contributed by atoms with van der Waals surface area (Å²) in [6.07, 6.45) is 72.6. The molecule has 0 aromatic heterocycles. The number of aliphatic hydroxyl groups is 2. The van der Waals surface area contributed by atoms with Gasteiger partial charge in [0.05, 0.1) is 25.4 Å². The highest BCUT2D eigenvalue weighted by molar-refractivity contribution is 5.76. The zero-order chi connectivity index (χ0) is 51.4. The fraction of sp³-hybridized carbons (Fsp3) is 0.969. The number of rotatable bonds is 62. The molecule has 0 saturated carbocycles. The molecule has 2 unspecified atom stereocenters. The minimum Gasteiger partial charge on any atom is -0.466 e. The minimum atomic E-state index is -0.668. The van der Waals surface area contributed by atoms with Crippen molar-refractivity contribution in [1.29, 1.82) is 0 Å². The van der Waals surface area contributed by atoms with Gasteiger partial charge in [0.25, 0.3) is 0 Å². The summed E-state index contributed by atoms with van der Waals surface area (Å²) < 4.78 is 5.49. The molecule has 0 aliphatic carbocycles. The molecule has 0 aromatic carbocycles. The van der Waals surface area contributed by atoms with E-state index in [1.165, 1.54) is 308 Å². The Morgan fingerprint density at radius 3 is 0.859 bits per heavy atom. The van der Waals surface area contributed by atoms with E-state index in [0.29, 0.717) is 25.9 Å². The zero-order valence-electron chi connectivity index (χ0n) is 48.5. The summed E-state index contributed by atoms with van der Waals surface area (Å²) in [6.45, 7) is 4.99. The first-order chi connectivity index (χ1) is 35.0. The summed E-state index contributed by atoms with van der Waals surface area (Å²) >= 11 is 0. The van der Waals surface area contributed by atoms with Gasteiger partial charge in [0.2, 0.25) is 5.91 Å². The molecule has 3 N–H and O–H groups in total. The standard InChI is InChI=1S/C65H129NO5/c1-3-5-7-9-11-13-15-17-19-20-21-22-23-24-25-27-30-33-37-41-45-49-53-57-63(68)62(61-67)66-64(69)58-54-50-46-42-38-34-31-28-26-29-32-36-40-44-48-52-56-60-71-65(70)59-55-51-47-43-39-35-18-16-14-12-10-8-6-4-2/h62-63,67-68H,3-61H2,1-2H3,(H,66,69). The largest absolute Gasteiger partial charge is 0.466 e. The van der Waals surface area contributed by atoms with Crippen LogP contribution < -0.4 is 5.32 Å². The van der Waals surface area contributed by atoms with Crippen LogP contribution in [0, 0.1) is 0 Å². The number of carbonyl (C=O) groups is 2. The third-order valence-corrected chi connectivity index (χ3v) is 15.7. The number of ether oxygens (including phenoxy) is 1. The number of esters is 1. The summed E-state index contributed by atoms with van der Waals surface area (Å²) in [6, 6.07) is -0.545. The molecular weight excluding hydrogens is 875 g/mol. The number of carbonyl (C=O) groups excluding carboxylic acids is 2. The number of amides is 1. The third-order valence-electron chi connectivity index (χ3n) is 15.7. The Balaban J connectivity index is 3.40. The van der Waals surface area contributed by atoms with E-state index in [4.69, 9.17) is 4.74 Å². The second-order valence-electron chi connectivity index (χ2n) is 22.8. The van der Waals surface area contributed by atoms with E-state index >= 15 is 0 Å². The van der Waals surface area contributed by atoms with Crippen molar-refractivity contribution in [1.82, 2.24) is 5.32 Å². The van der Waals surface area contributed by atoms with Gasteiger partial charge in [-0.3, -0.25) is 9.59 Å². The normalized spacial score (nSPS) is 12.5. The Hall–Kier alpha value is -1.14. The molecule has 0 aliphatic heterocycles. The number of hydrogen-bond acceptors (Lipinski definition) is 5. The van der Waals surface area contributed by atoms with Crippen LogP contribution in [0.2, 0.25) is 0 Å². The maximum atomic E-state index is 12.5. The van der Waals surface area contributed by atoms with Crippen LogP contribution in [0.15, 0.2) is 0 Å². The number of unbranched alkanes of at least 4 members (excludes halogenated alkanes) is 51. The van der Waals surface area contributed by atoms with Crippen molar-refractivity contribution >= 4 is 11.9 Å². The Bertz CT molecular complexity index is 1020. The topological polar surface area (TPSA) is 95.9 Å². The Morgan fingerprint density at radius 2 is 0.577 bits per heavy atom. The molecule has 0 radical (unpaired) electrons. The fourth-order valence-electron chi connectivity index (χ4n) is 10.6. The van der Waals surface area contributed by atoms with Gasteiger partial charge in [-0.1, -0.05) is 341 Å². The van der Waals surface area contributed by atoms with E-state index in [0.717, 1.165) is 38.5 Å². The predicted octanol–water partition coefficient (Wildman–Crippen LogP) is 20.6. The van der Waals surface area contributed by atoms with Crippen molar-refractivity contribution < 1.29 is 24.5 Å². The number of aliphatic hydroxyl groups excluding tert-OH is 2. The first-order valence-corrected chi connectivity index (χ1v) is 32.8. The Kier molecular flexibility index (Phi) is 60.4. The summed E-state index contributed by atoms with van der Waals surface area (Å²) in [7, 11) is 0. The first-order valence-electron chi connectivity index (χ1n) is 32.8. The van der Waals surface area contributed by atoms with Crippen LogP contribution in [0.4, 0.5) is 0 Å². The zero-order valence-corrected chi connectivity index (χ0v) is 48.5.